The molecule has 0 unspecified atom stereocenters. The lowest BCUT2D eigenvalue weighted by Gasteiger charge is -2.09. The Morgan fingerprint density at radius 1 is 1.33 bits per heavy atom. The van der Waals surface area contributed by atoms with E-state index in [1.54, 1.807) is 12.1 Å². The SMILES string of the molecule is CCNc1cc(C(=O)NCCCCOC(C)C)cc(C)n1. The molecule has 1 heterocycles. The molecule has 0 radical (unpaired) electrons. The van der Waals surface area contributed by atoms with Gasteiger partial charge in [0.05, 0.1) is 6.10 Å². The molecule has 0 saturated carbocycles. The predicted molar refractivity (Wildman–Crippen MR) is 85.8 cm³/mol. The minimum Gasteiger partial charge on any atom is -0.379 e. The number of pyridine rings is 1. The number of ether oxygens (including phenoxy) is 1. The molecule has 1 rings (SSSR count). The highest BCUT2D eigenvalue weighted by Crippen LogP contribution is 2.10. The summed E-state index contributed by atoms with van der Waals surface area (Å²) in [5.41, 5.74) is 1.49. The van der Waals surface area contributed by atoms with Gasteiger partial charge in [0.15, 0.2) is 0 Å². The standard InChI is InChI=1S/C16H27N3O2/c1-5-17-15-11-14(10-13(4)19-15)16(20)18-8-6-7-9-21-12(2)3/h10-12H,5-9H2,1-4H3,(H,17,19)(H,18,20). The van der Waals surface area contributed by atoms with Gasteiger partial charge in [-0.3, -0.25) is 4.79 Å². The summed E-state index contributed by atoms with van der Waals surface area (Å²) in [6.45, 7) is 10.1. The van der Waals surface area contributed by atoms with Crippen molar-refractivity contribution in [2.45, 2.75) is 46.6 Å². The van der Waals surface area contributed by atoms with Crippen molar-refractivity contribution in [2.24, 2.45) is 0 Å². The Labute approximate surface area is 127 Å². The zero-order valence-electron chi connectivity index (χ0n) is 13.5. The predicted octanol–water partition coefficient (Wildman–Crippen LogP) is 2.76. The number of nitrogens with one attached hydrogen (secondary N) is 2. The molecule has 0 aliphatic carbocycles. The highest BCUT2D eigenvalue weighted by Gasteiger charge is 2.07. The largest absolute Gasteiger partial charge is 0.379 e. The first-order chi connectivity index (χ1) is 10.0. The van der Waals surface area contributed by atoms with Crippen molar-refractivity contribution in [1.29, 1.82) is 0 Å². The highest BCUT2D eigenvalue weighted by molar-refractivity contribution is 5.94. The van der Waals surface area contributed by atoms with E-state index in [4.69, 9.17) is 4.74 Å². The summed E-state index contributed by atoms with van der Waals surface area (Å²) in [4.78, 5) is 16.4. The minimum atomic E-state index is -0.0515. The monoisotopic (exact) mass is 293 g/mol. The van der Waals surface area contributed by atoms with Gasteiger partial charge in [0, 0.05) is 31.0 Å². The third-order valence-electron chi connectivity index (χ3n) is 2.88. The van der Waals surface area contributed by atoms with Crippen molar-refractivity contribution in [2.75, 3.05) is 25.0 Å². The average molecular weight is 293 g/mol. The fraction of sp³-hybridized carbons (Fsp3) is 0.625. The molecule has 118 valence electrons. The summed E-state index contributed by atoms with van der Waals surface area (Å²) >= 11 is 0. The van der Waals surface area contributed by atoms with Crippen LogP contribution in [0.4, 0.5) is 5.82 Å². The normalized spacial score (nSPS) is 10.7. The Kier molecular flexibility index (Phi) is 7.75. The van der Waals surface area contributed by atoms with Crippen LogP contribution in [-0.2, 0) is 4.74 Å². The van der Waals surface area contributed by atoms with E-state index < -0.39 is 0 Å². The number of nitrogens with zero attached hydrogens (tertiary/aromatic N) is 1. The van der Waals surface area contributed by atoms with Crippen LogP contribution in [0, 0.1) is 6.92 Å². The maximum Gasteiger partial charge on any atom is 0.251 e. The van der Waals surface area contributed by atoms with E-state index in [-0.39, 0.29) is 12.0 Å². The van der Waals surface area contributed by atoms with Crippen LogP contribution in [0.5, 0.6) is 0 Å². The van der Waals surface area contributed by atoms with Crippen LogP contribution in [0.15, 0.2) is 12.1 Å². The van der Waals surface area contributed by atoms with E-state index in [1.165, 1.54) is 0 Å². The molecule has 5 heteroatoms. The lowest BCUT2D eigenvalue weighted by Crippen LogP contribution is -2.25. The number of unbranched alkanes of at least 4 members (excludes halogenated alkanes) is 1. The van der Waals surface area contributed by atoms with Gasteiger partial charge in [0.2, 0.25) is 0 Å². The molecule has 0 aromatic carbocycles. The zero-order valence-corrected chi connectivity index (χ0v) is 13.5. The molecule has 1 amide bonds. The van der Waals surface area contributed by atoms with Crippen LogP contribution < -0.4 is 10.6 Å². The fourth-order valence-corrected chi connectivity index (χ4v) is 1.92. The summed E-state index contributed by atoms with van der Waals surface area (Å²) < 4.78 is 5.46. The second-order valence-corrected chi connectivity index (χ2v) is 5.30. The molecule has 0 spiro atoms. The molecule has 0 fully saturated rings. The number of hydrogen-bond donors (Lipinski definition) is 2. The van der Waals surface area contributed by atoms with E-state index in [9.17, 15) is 4.79 Å². The molecule has 1 aromatic heterocycles. The van der Waals surface area contributed by atoms with Gasteiger partial charge < -0.3 is 15.4 Å². The number of aryl methyl sites for hydroxylation is 1. The molecule has 21 heavy (non-hydrogen) atoms. The van der Waals surface area contributed by atoms with E-state index in [2.05, 4.69) is 15.6 Å². The maximum absolute atomic E-state index is 12.1. The maximum atomic E-state index is 12.1. The average Bonchev–Trinajstić information content (AvgIpc) is 2.41. The van der Waals surface area contributed by atoms with Crippen molar-refractivity contribution in [3.8, 4) is 0 Å². The number of rotatable bonds is 9. The first kappa shape index (κ1) is 17.4. The number of carbonyl (C=O) groups is 1. The summed E-state index contributed by atoms with van der Waals surface area (Å²) in [6.07, 6.45) is 2.14. The van der Waals surface area contributed by atoms with Crippen LogP contribution in [0.1, 0.15) is 49.7 Å². The van der Waals surface area contributed by atoms with Gasteiger partial charge in [0.25, 0.3) is 5.91 Å². The molecule has 5 nitrogen and oxygen atoms in total. The smallest absolute Gasteiger partial charge is 0.251 e. The Morgan fingerprint density at radius 2 is 2.10 bits per heavy atom. The summed E-state index contributed by atoms with van der Waals surface area (Å²) in [5, 5.41) is 6.06. The molecule has 0 aliphatic rings. The van der Waals surface area contributed by atoms with Crippen molar-refractivity contribution in [1.82, 2.24) is 10.3 Å². The molecule has 0 aliphatic heterocycles. The Hall–Kier alpha value is -1.62. The van der Waals surface area contributed by atoms with Gasteiger partial charge in [-0.2, -0.15) is 0 Å². The number of anilines is 1. The van der Waals surface area contributed by atoms with Gasteiger partial charge in [0.1, 0.15) is 5.82 Å². The summed E-state index contributed by atoms with van der Waals surface area (Å²) in [5.74, 6) is 0.692. The second-order valence-electron chi connectivity index (χ2n) is 5.30. The quantitative estimate of drug-likeness (QED) is 0.687. The molecule has 2 N–H and O–H groups in total. The first-order valence-corrected chi connectivity index (χ1v) is 7.65. The fourth-order valence-electron chi connectivity index (χ4n) is 1.92. The second kappa shape index (κ2) is 9.34. The van der Waals surface area contributed by atoms with E-state index in [0.29, 0.717) is 12.1 Å². The van der Waals surface area contributed by atoms with Crippen molar-refractivity contribution >= 4 is 11.7 Å². The topological polar surface area (TPSA) is 63.2 Å². The molecule has 1 aromatic rings. The Bertz CT molecular complexity index is 447. The van der Waals surface area contributed by atoms with Gasteiger partial charge >= 0.3 is 0 Å². The lowest BCUT2D eigenvalue weighted by atomic mass is 10.2. The molecule has 0 bridgehead atoms. The number of hydrogen-bond acceptors (Lipinski definition) is 4. The third-order valence-corrected chi connectivity index (χ3v) is 2.88. The summed E-state index contributed by atoms with van der Waals surface area (Å²) in [6, 6.07) is 3.59. The van der Waals surface area contributed by atoms with Crippen LogP contribution in [-0.4, -0.2) is 36.7 Å². The number of aromatic nitrogens is 1. The third kappa shape index (κ3) is 7.09. The van der Waals surface area contributed by atoms with Crippen LogP contribution >= 0.6 is 0 Å². The van der Waals surface area contributed by atoms with E-state index in [0.717, 1.165) is 37.5 Å². The number of carbonyl (C=O) groups excluding carboxylic acids is 1. The first-order valence-electron chi connectivity index (χ1n) is 7.65. The molecular formula is C16H27N3O2. The van der Waals surface area contributed by atoms with Crippen LogP contribution in [0.2, 0.25) is 0 Å². The summed E-state index contributed by atoms with van der Waals surface area (Å²) in [7, 11) is 0. The molecule has 0 atom stereocenters. The number of amides is 1. The minimum absolute atomic E-state index is 0.0515. The van der Waals surface area contributed by atoms with Gasteiger partial charge in [-0.25, -0.2) is 4.98 Å². The van der Waals surface area contributed by atoms with E-state index >= 15 is 0 Å². The highest BCUT2D eigenvalue weighted by atomic mass is 16.5. The Morgan fingerprint density at radius 3 is 2.76 bits per heavy atom. The van der Waals surface area contributed by atoms with Crippen molar-refractivity contribution in [3.05, 3.63) is 23.4 Å². The van der Waals surface area contributed by atoms with Gasteiger partial charge in [-0.1, -0.05) is 0 Å². The van der Waals surface area contributed by atoms with Crippen LogP contribution in [0.25, 0.3) is 0 Å². The van der Waals surface area contributed by atoms with Crippen molar-refractivity contribution < 1.29 is 9.53 Å². The molecule has 0 saturated heterocycles. The Balaban J connectivity index is 2.38. The van der Waals surface area contributed by atoms with Gasteiger partial charge in [-0.15, -0.1) is 0 Å². The van der Waals surface area contributed by atoms with Gasteiger partial charge in [-0.05, 0) is 52.7 Å². The molecular weight excluding hydrogens is 266 g/mol. The zero-order chi connectivity index (χ0) is 15.7. The van der Waals surface area contributed by atoms with E-state index in [1.807, 2.05) is 27.7 Å². The van der Waals surface area contributed by atoms with Crippen molar-refractivity contribution in [3.63, 3.8) is 0 Å². The van der Waals surface area contributed by atoms with Crippen LogP contribution in [0.3, 0.4) is 0 Å². The lowest BCUT2D eigenvalue weighted by molar-refractivity contribution is 0.0754.